The molecule has 0 amide bonds. The third-order valence-electron chi connectivity index (χ3n) is 2.72. The van der Waals surface area contributed by atoms with E-state index in [4.69, 9.17) is 4.42 Å². The molecule has 1 unspecified atom stereocenters. The molecule has 2 rings (SSSR count). The van der Waals surface area contributed by atoms with Crippen LogP contribution in [-0.4, -0.2) is 18.8 Å². The van der Waals surface area contributed by atoms with Crippen LogP contribution in [0.3, 0.4) is 0 Å². The van der Waals surface area contributed by atoms with Crippen molar-refractivity contribution in [2.24, 2.45) is 5.92 Å². The quantitative estimate of drug-likeness (QED) is 0.828. The van der Waals surface area contributed by atoms with Gasteiger partial charge in [0.1, 0.15) is 5.76 Å². The average molecular weight is 211 g/mol. The number of hydrogen-bond acceptors (Lipinski definition) is 3. The summed E-state index contributed by atoms with van der Waals surface area (Å²) >= 11 is 1.99. The summed E-state index contributed by atoms with van der Waals surface area (Å²) in [6.07, 6.45) is 3.12. The number of hydrogen-bond donors (Lipinski definition) is 1. The maximum Gasteiger partial charge on any atom is 0.116 e. The Labute approximate surface area is 89.4 Å². The van der Waals surface area contributed by atoms with E-state index < -0.39 is 0 Å². The maximum absolute atomic E-state index is 5.39. The lowest BCUT2D eigenvalue weighted by Crippen LogP contribution is -2.10. The molecule has 1 aliphatic heterocycles. The van der Waals surface area contributed by atoms with Gasteiger partial charge in [0.2, 0.25) is 0 Å². The average Bonchev–Trinajstić information content (AvgIpc) is 2.78. The Bertz CT molecular complexity index is 279. The first kappa shape index (κ1) is 10.1. The molecule has 0 aromatic carbocycles. The first-order chi connectivity index (χ1) is 6.86. The predicted molar refractivity (Wildman–Crippen MR) is 60.6 cm³/mol. The fourth-order valence-electron chi connectivity index (χ4n) is 1.73. The number of aryl methyl sites for hydroxylation is 1. The predicted octanol–water partition coefficient (Wildman–Crippen LogP) is 2.43. The smallest absolute Gasteiger partial charge is 0.116 e. The molecule has 1 atom stereocenters. The van der Waals surface area contributed by atoms with E-state index in [1.165, 1.54) is 30.8 Å². The number of thioether (sulfide) groups is 1. The van der Waals surface area contributed by atoms with Gasteiger partial charge in [0, 0.05) is 0 Å². The van der Waals surface area contributed by atoms with Crippen molar-refractivity contribution in [3.63, 3.8) is 0 Å². The zero-order valence-corrected chi connectivity index (χ0v) is 9.40. The Morgan fingerprint density at radius 2 is 2.57 bits per heavy atom. The Morgan fingerprint density at radius 3 is 3.21 bits per heavy atom. The second kappa shape index (κ2) is 4.89. The van der Waals surface area contributed by atoms with Gasteiger partial charge in [0.05, 0.1) is 12.0 Å². The molecule has 14 heavy (non-hydrogen) atoms. The third-order valence-corrected chi connectivity index (χ3v) is 3.89. The monoisotopic (exact) mass is 211 g/mol. The molecule has 2 heterocycles. The fraction of sp³-hybridized carbons (Fsp3) is 0.636. The molecule has 1 fully saturated rings. The van der Waals surface area contributed by atoms with Crippen LogP contribution >= 0.6 is 11.8 Å². The van der Waals surface area contributed by atoms with Gasteiger partial charge in [-0.3, -0.25) is 0 Å². The maximum atomic E-state index is 5.39. The van der Waals surface area contributed by atoms with Crippen LogP contribution in [0.5, 0.6) is 0 Å². The van der Waals surface area contributed by atoms with Gasteiger partial charge in [-0.2, -0.15) is 11.8 Å². The minimum absolute atomic E-state index is 0.871. The molecule has 0 spiro atoms. The molecule has 3 heteroatoms. The van der Waals surface area contributed by atoms with E-state index in [1.807, 2.05) is 17.8 Å². The lowest BCUT2D eigenvalue weighted by atomic mass is 10.2. The van der Waals surface area contributed by atoms with Gasteiger partial charge < -0.3 is 9.73 Å². The zero-order valence-electron chi connectivity index (χ0n) is 8.58. The number of furan rings is 1. The summed E-state index contributed by atoms with van der Waals surface area (Å²) in [5.74, 6) is 4.29. The highest BCUT2D eigenvalue weighted by Gasteiger charge is 2.14. The van der Waals surface area contributed by atoms with Crippen LogP contribution in [0.4, 0.5) is 0 Å². The highest BCUT2D eigenvalue weighted by atomic mass is 32.2. The van der Waals surface area contributed by atoms with E-state index in [0.717, 1.165) is 17.4 Å². The lowest BCUT2D eigenvalue weighted by molar-refractivity contribution is 0.527. The summed E-state index contributed by atoms with van der Waals surface area (Å²) in [5.41, 5.74) is 1.28. The van der Waals surface area contributed by atoms with E-state index in [1.54, 1.807) is 6.26 Å². The van der Waals surface area contributed by atoms with E-state index in [-0.39, 0.29) is 0 Å². The molecule has 0 aliphatic carbocycles. The summed E-state index contributed by atoms with van der Waals surface area (Å²) in [6, 6.07) is 2.03. The summed E-state index contributed by atoms with van der Waals surface area (Å²) in [4.78, 5) is 0. The van der Waals surface area contributed by atoms with Crippen molar-refractivity contribution < 1.29 is 4.42 Å². The highest BCUT2D eigenvalue weighted by molar-refractivity contribution is 7.98. The molecule has 0 saturated carbocycles. The van der Waals surface area contributed by atoms with Gasteiger partial charge in [-0.15, -0.1) is 0 Å². The van der Waals surface area contributed by atoms with Crippen LogP contribution in [0, 0.1) is 12.8 Å². The Morgan fingerprint density at radius 1 is 1.64 bits per heavy atom. The highest BCUT2D eigenvalue weighted by Crippen LogP contribution is 2.21. The van der Waals surface area contributed by atoms with Crippen LogP contribution in [0.25, 0.3) is 0 Å². The second-order valence-electron chi connectivity index (χ2n) is 3.90. The summed E-state index contributed by atoms with van der Waals surface area (Å²) in [6.45, 7) is 4.51. The van der Waals surface area contributed by atoms with E-state index in [9.17, 15) is 0 Å². The van der Waals surface area contributed by atoms with Crippen molar-refractivity contribution in [3.05, 3.63) is 23.7 Å². The van der Waals surface area contributed by atoms with Crippen molar-refractivity contribution >= 4 is 11.8 Å². The van der Waals surface area contributed by atoms with Crippen LogP contribution in [-0.2, 0) is 5.75 Å². The number of rotatable bonds is 4. The molecule has 1 saturated heterocycles. The van der Waals surface area contributed by atoms with Crippen molar-refractivity contribution in [1.29, 1.82) is 0 Å². The molecule has 2 nitrogen and oxygen atoms in total. The molecule has 1 aromatic rings. The largest absolute Gasteiger partial charge is 0.468 e. The van der Waals surface area contributed by atoms with Crippen molar-refractivity contribution in [2.75, 3.05) is 18.8 Å². The number of nitrogens with one attached hydrogen (secondary N) is 1. The van der Waals surface area contributed by atoms with E-state index in [2.05, 4.69) is 12.2 Å². The van der Waals surface area contributed by atoms with Crippen molar-refractivity contribution in [3.8, 4) is 0 Å². The van der Waals surface area contributed by atoms with E-state index >= 15 is 0 Å². The van der Waals surface area contributed by atoms with Crippen LogP contribution in [0.1, 0.15) is 17.7 Å². The van der Waals surface area contributed by atoms with Gasteiger partial charge in [-0.25, -0.2) is 0 Å². The minimum atomic E-state index is 0.871. The summed E-state index contributed by atoms with van der Waals surface area (Å²) in [5, 5.41) is 3.39. The summed E-state index contributed by atoms with van der Waals surface area (Å²) in [7, 11) is 0. The Hall–Kier alpha value is -0.410. The first-order valence-corrected chi connectivity index (χ1v) is 6.33. The first-order valence-electron chi connectivity index (χ1n) is 5.17. The van der Waals surface area contributed by atoms with Crippen LogP contribution in [0.2, 0.25) is 0 Å². The lowest BCUT2D eigenvalue weighted by Gasteiger charge is -2.06. The van der Waals surface area contributed by atoms with Gasteiger partial charge in [0.25, 0.3) is 0 Å². The van der Waals surface area contributed by atoms with Gasteiger partial charge in [0.15, 0.2) is 0 Å². The van der Waals surface area contributed by atoms with Gasteiger partial charge in [-0.05, 0) is 49.7 Å². The van der Waals surface area contributed by atoms with Crippen LogP contribution < -0.4 is 5.32 Å². The molecule has 1 aromatic heterocycles. The fourth-order valence-corrected chi connectivity index (χ4v) is 2.94. The van der Waals surface area contributed by atoms with Crippen molar-refractivity contribution in [1.82, 2.24) is 5.32 Å². The molecular formula is C11H17NOS. The van der Waals surface area contributed by atoms with Gasteiger partial charge >= 0.3 is 0 Å². The SMILES string of the molecule is Cc1ccoc1CSCC1CCNC1. The molecule has 0 bridgehead atoms. The normalized spacial score (nSPS) is 21.6. The van der Waals surface area contributed by atoms with Gasteiger partial charge in [-0.1, -0.05) is 0 Å². The molecule has 78 valence electrons. The molecule has 1 N–H and O–H groups in total. The topological polar surface area (TPSA) is 25.2 Å². The standard InChI is InChI=1S/C11H17NOS/c1-9-3-5-13-11(9)8-14-7-10-2-4-12-6-10/h3,5,10,12H,2,4,6-8H2,1H3. The second-order valence-corrected chi connectivity index (χ2v) is 4.93. The summed E-state index contributed by atoms with van der Waals surface area (Å²) < 4.78 is 5.39. The van der Waals surface area contributed by atoms with Crippen LogP contribution in [0.15, 0.2) is 16.7 Å². The third kappa shape index (κ3) is 2.55. The Balaban J connectivity index is 1.70. The molecule has 1 aliphatic rings. The minimum Gasteiger partial charge on any atom is -0.468 e. The zero-order chi connectivity index (χ0) is 9.80. The van der Waals surface area contributed by atoms with E-state index in [0.29, 0.717) is 0 Å². The Kier molecular flexibility index (Phi) is 3.54. The van der Waals surface area contributed by atoms with Crippen molar-refractivity contribution in [2.45, 2.75) is 19.1 Å². The molecular weight excluding hydrogens is 194 g/mol. The molecule has 0 radical (unpaired) electrons.